The van der Waals surface area contributed by atoms with Crippen molar-refractivity contribution in [2.45, 2.75) is 19.1 Å². The highest BCUT2D eigenvalue weighted by Gasteiger charge is 2.31. The quantitative estimate of drug-likeness (QED) is 0.931. The molecule has 6 heteroatoms. The predicted molar refractivity (Wildman–Crippen MR) is 87.0 cm³/mol. The van der Waals surface area contributed by atoms with Crippen molar-refractivity contribution in [1.29, 1.82) is 0 Å². The molecule has 1 fully saturated rings. The normalized spacial score (nSPS) is 22.1. The van der Waals surface area contributed by atoms with Crippen LogP contribution in [0.5, 0.6) is 0 Å². The number of aliphatic hydroxyl groups excluding tert-OH is 1. The number of aromatic nitrogens is 2. The first-order valence-corrected chi connectivity index (χ1v) is 7.96. The van der Waals surface area contributed by atoms with Gasteiger partial charge in [-0.15, -0.1) is 0 Å². The Morgan fingerprint density at radius 1 is 1.18 bits per heavy atom. The van der Waals surface area contributed by atoms with Gasteiger partial charge >= 0.3 is 0 Å². The van der Waals surface area contributed by atoms with Gasteiger partial charge in [0.15, 0.2) is 0 Å². The zero-order valence-electron chi connectivity index (χ0n) is 12.0. The van der Waals surface area contributed by atoms with E-state index in [0.717, 1.165) is 30.8 Å². The van der Waals surface area contributed by atoms with Crippen LogP contribution in [0.15, 0.2) is 36.8 Å². The van der Waals surface area contributed by atoms with Crippen molar-refractivity contribution in [3.63, 3.8) is 0 Å². The summed E-state index contributed by atoms with van der Waals surface area (Å²) in [7, 11) is 0. The van der Waals surface area contributed by atoms with Gasteiger partial charge in [-0.25, -0.2) is 0 Å². The minimum absolute atomic E-state index is 0.180. The molecule has 0 radical (unpaired) electrons. The molecule has 116 valence electrons. The molecule has 0 spiro atoms. The highest BCUT2D eigenvalue weighted by molar-refractivity contribution is 6.42. The lowest BCUT2D eigenvalue weighted by Crippen LogP contribution is -2.21. The second-order valence-electron chi connectivity index (χ2n) is 5.67. The Morgan fingerprint density at radius 2 is 2.05 bits per heavy atom. The van der Waals surface area contributed by atoms with Crippen LogP contribution in [-0.2, 0) is 13.0 Å². The molecule has 0 saturated carbocycles. The Hall–Kier alpha value is -1.20. The minimum Gasteiger partial charge on any atom is -0.391 e. The summed E-state index contributed by atoms with van der Waals surface area (Å²) < 4.78 is 0. The van der Waals surface area contributed by atoms with Crippen molar-refractivity contribution < 1.29 is 5.11 Å². The highest BCUT2D eigenvalue weighted by atomic mass is 35.5. The second kappa shape index (κ2) is 6.92. The Balaban J connectivity index is 1.61. The summed E-state index contributed by atoms with van der Waals surface area (Å²) in [6, 6.07) is 5.66. The molecule has 0 amide bonds. The lowest BCUT2D eigenvalue weighted by Gasteiger charge is -2.16. The third-order valence-electron chi connectivity index (χ3n) is 3.96. The van der Waals surface area contributed by atoms with Crippen molar-refractivity contribution in [1.82, 2.24) is 14.9 Å². The van der Waals surface area contributed by atoms with Gasteiger partial charge in [0.05, 0.1) is 21.8 Å². The van der Waals surface area contributed by atoms with Crippen molar-refractivity contribution in [3.05, 3.63) is 58.1 Å². The van der Waals surface area contributed by atoms with Gasteiger partial charge < -0.3 is 5.11 Å². The van der Waals surface area contributed by atoms with E-state index >= 15 is 0 Å². The van der Waals surface area contributed by atoms with Crippen LogP contribution in [0, 0.1) is 5.92 Å². The number of rotatable bonds is 4. The molecule has 4 nitrogen and oxygen atoms in total. The lowest BCUT2D eigenvalue weighted by atomic mass is 10.0. The standard InChI is InChI=1S/C16H17Cl2N3O/c17-14-2-1-11(5-15(14)18)8-21-9-12(16(22)10-21)6-13-7-19-3-4-20-13/h1-5,7,12,16,22H,6,8-10H2/t12-,16-/m1/s1. The molecule has 0 aliphatic carbocycles. The average molecular weight is 338 g/mol. The first-order chi connectivity index (χ1) is 10.6. The molecule has 1 aliphatic heterocycles. The molecule has 0 bridgehead atoms. The van der Waals surface area contributed by atoms with Crippen LogP contribution < -0.4 is 0 Å². The van der Waals surface area contributed by atoms with E-state index in [-0.39, 0.29) is 12.0 Å². The summed E-state index contributed by atoms with van der Waals surface area (Å²) in [5.74, 6) is 0.180. The maximum absolute atomic E-state index is 10.3. The number of benzene rings is 1. The predicted octanol–water partition coefficient (Wildman–Crippen LogP) is 2.82. The van der Waals surface area contributed by atoms with Crippen LogP contribution in [0.25, 0.3) is 0 Å². The molecule has 2 heterocycles. The topological polar surface area (TPSA) is 49.2 Å². The van der Waals surface area contributed by atoms with Gasteiger partial charge in [0, 0.05) is 44.1 Å². The second-order valence-corrected chi connectivity index (χ2v) is 6.49. The van der Waals surface area contributed by atoms with Crippen molar-refractivity contribution in [2.75, 3.05) is 13.1 Å². The SMILES string of the molecule is O[C@@H]1CN(Cc2ccc(Cl)c(Cl)c2)C[C@H]1Cc1cnccn1. The molecule has 1 aromatic carbocycles. The maximum atomic E-state index is 10.3. The number of nitrogens with zero attached hydrogens (tertiary/aromatic N) is 3. The molecule has 0 unspecified atom stereocenters. The lowest BCUT2D eigenvalue weighted by molar-refractivity contribution is 0.140. The third kappa shape index (κ3) is 3.76. The maximum Gasteiger partial charge on any atom is 0.0711 e. The molecule has 2 atom stereocenters. The fraction of sp³-hybridized carbons (Fsp3) is 0.375. The molecule has 2 aromatic rings. The number of hydrogen-bond acceptors (Lipinski definition) is 4. The zero-order valence-corrected chi connectivity index (χ0v) is 13.5. The van der Waals surface area contributed by atoms with Gasteiger partial charge in [-0.1, -0.05) is 29.3 Å². The number of aliphatic hydroxyl groups is 1. The molecular formula is C16H17Cl2N3O. The molecule has 1 saturated heterocycles. The van der Waals surface area contributed by atoms with E-state index in [9.17, 15) is 5.11 Å². The van der Waals surface area contributed by atoms with Gasteiger partial charge in [0.25, 0.3) is 0 Å². The Bertz CT molecular complexity index is 639. The monoisotopic (exact) mass is 337 g/mol. The summed E-state index contributed by atoms with van der Waals surface area (Å²) in [5.41, 5.74) is 2.02. The van der Waals surface area contributed by atoms with Crippen LogP contribution in [0.2, 0.25) is 10.0 Å². The van der Waals surface area contributed by atoms with Crippen LogP contribution in [0.4, 0.5) is 0 Å². The number of hydrogen-bond donors (Lipinski definition) is 1. The molecule has 1 aliphatic rings. The van der Waals surface area contributed by atoms with Crippen molar-refractivity contribution in [2.24, 2.45) is 5.92 Å². The average Bonchev–Trinajstić information content (AvgIpc) is 2.84. The number of halogens is 2. The van der Waals surface area contributed by atoms with Gasteiger partial charge in [-0.2, -0.15) is 0 Å². The van der Waals surface area contributed by atoms with Crippen LogP contribution in [-0.4, -0.2) is 39.2 Å². The minimum atomic E-state index is -0.343. The Morgan fingerprint density at radius 3 is 2.77 bits per heavy atom. The van der Waals surface area contributed by atoms with E-state index < -0.39 is 0 Å². The van der Waals surface area contributed by atoms with E-state index in [4.69, 9.17) is 23.2 Å². The molecule has 1 N–H and O–H groups in total. The molecule has 1 aromatic heterocycles. The number of likely N-dealkylation sites (tertiary alicyclic amines) is 1. The fourth-order valence-corrected chi connectivity index (χ4v) is 3.19. The van der Waals surface area contributed by atoms with E-state index in [1.165, 1.54) is 0 Å². The summed E-state index contributed by atoms with van der Waals surface area (Å²) in [4.78, 5) is 10.6. The van der Waals surface area contributed by atoms with Crippen LogP contribution in [0.3, 0.4) is 0 Å². The molecular weight excluding hydrogens is 321 g/mol. The van der Waals surface area contributed by atoms with Crippen molar-refractivity contribution >= 4 is 23.2 Å². The van der Waals surface area contributed by atoms with E-state index in [1.54, 1.807) is 18.6 Å². The zero-order chi connectivity index (χ0) is 15.5. The van der Waals surface area contributed by atoms with E-state index in [1.807, 2.05) is 18.2 Å². The first-order valence-electron chi connectivity index (χ1n) is 7.21. The van der Waals surface area contributed by atoms with Gasteiger partial charge in [0.1, 0.15) is 0 Å². The van der Waals surface area contributed by atoms with Crippen LogP contribution in [0.1, 0.15) is 11.3 Å². The van der Waals surface area contributed by atoms with E-state index in [0.29, 0.717) is 16.6 Å². The van der Waals surface area contributed by atoms with Gasteiger partial charge in [-0.05, 0) is 24.1 Å². The summed E-state index contributed by atoms with van der Waals surface area (Å²) in [5, 5.41) is 11.4. The number of β-amino-alcohol motifs (C(OH)–C–C–N with tert-alkyl or cyclic N) is 1. The summed E-state index contributed by atoms with van der Waals surface area (Å²) >= 11 is 12.0. The fourth-order valence-electron chi connectivity index (χ4n) is 2.87. The first kappa shape index (κ1) is 15.7. The Labute approximate surface area is 139 Å². The van der Waals surface area contributed by atoms with E-state index in [2.05, 4.69) is 14.9 Å². The molecule has 3 rings (SSSR count). The third-order valence-corrected chi connectivity index (χ3v) is 4.70. The smallest absolute Gasteiger partial charge is 0.0711 e. The van der Waals surface area contributed by atoms with Crippen LogP contribution >= 0.6 is 23.2 Å². The van der Waals surface area contributed by atoms with Gasteiger partial charge in [-0.3, -0.25) is 14.9 Å². The molecule has 22 heavy (non-hydrogen) atoms. The summed E-state index contributed by atoms with van der Waals surface area (Å²) in [6.45, 7) is 2.24. The Kier molecular flexibility index (Phi) is 4.93. The highest BCUT2D eigenvalue weighted by Crippen LogP contribution is 2.26. The van der Waals surface area contributed by atoms with Crippen molar-refractivity contribution in [3.8, 4) is 0 Å². The largest absolute Gasteiger partial charge is 0.391 e. The van der Waals surface area contributed by atoms with Gasteiger partial charge in [0.2, 0.25) is 0 Å². The summed E-state index contributed by atoms with van der Waals surface area (Å²) in [6.07, 6.45) is 5.50.